The van der Waals surface area contributed by atoms with Gasteiger partial charge in [-0.1, -0.05) is 24.3 Å². The number of amides is 3. The van der Waals surface area contributed by atoms with E-state index in [4.69, 9.17) is 18.7 Å². The Morgan fingerprint density at radius 2 is 1.68 bits per heavy atom. The molecule has 0 saturated carbocycles. The van der Waals surface area contributed by atoms with E-state index >= 15 is 0 Å². The van der Waals surface area contributed by atoms with Crippen molar-refractivity contribution >= 4 is 35.5 Å². The van der Waals surface area contributed by atoms with Crippen molar-refractivity contribution < 1.29 is 54.9 Å². The average molecular weight is 537 g/mol. The molecule has 0 radical (unpaired) electrons. The second-order valence-corrected chi connectivity index (χ2v) is 7.20. The van der Waals surface area contributed by atoms with Crippen LogP contribution in [0.4, 0.5) is 0 Å². The minimum atomic E-state index is -0.804. The molecule has 0 bridgehead atoms. The summed E-state index contributed by atoms with van der Waals surface area (Å²) in [7, 11) is 0. The van der Waals surface area contributed by atoms with Gasteiger partial charge >= 0.3 is 39.9 Å². The van der Waals surface area contributed by atoms with Gasteiger partial charge in [-0.2, -0.15) is 11.8 Å². The van der Waals surface area contributed by atoms with E-state index in [1.54, 1.807) is 18.7 Å². The van der Waals surface area contributed by atoms with Crippen LogP contribution in [0.25, 0.3) is 0 Å². The van der Waals surface area contributed by atoms with Gasteiger partial charge < -0.3 is 20.7 Å². The third-order valence-electron chi connectivity index (χ3n) is 3.55. The predicted octanol–water partition coefficient (Wildman–Crippen LogP) is 0.178. The molecule has 0 aromatic carbocycles. The first-order chi connectivity index (χ1) is 15.8. The number of esters is 1. The van der Waals surface area contributed by atoms with Crippen LogP contribution in [0, 0.1) is 20.0 Å². The molecule has 0 aliphatic heterocycles. The molecule has 11 nitrogen and oxygen atoms in total. The van der Waals surface area contributed by atoms with Crippen molar-refractivity contribution in [2.45, 2.75) is 44.5 Å². The summed E-state index contributed by atoms with van der Waals surface area (Å²) in [6.07, 6.45) is 8.86. The van der Waals surface area contributed by atoms with Gasteiger partial charge in [0.1, 0.15) is 12.1 Å². The molecule has 0 fully saturated rings. The van der Waals surface area contributed by atoms with Crippen LogP contribution in [0.3, 0.4) is 0 Å². The quantitative estimate of drug-likeness (QED) is 0.155. The molecule has 1 aliphatic carbocycles. The molecular weight excluding hydrogens is 510 g/mol. The third kappa shape index (κ3) is 20.1. The van der Waals surface area contributed by atoms with Crippen molar-refractivity contribution in [3.05, 3.63) is 44.3 Å². The third-order valence-corrected chi connectivity index (χ3v) is 4.86. The Hall–Kier alpha value is -2.55. The van der Waals surface area contributed by atoms with Crippen LogP contribution >= 0.6 is 11.8 Å². The Morgan fingerprint density at radius 1 is 1.09 bits per heavy atom. The van der Waals surface area contributed by atoms with Crippen molar-refractivity contribution in [2.24, 2.45) is 0 Å². The molecule has 3 N–H and O–H groups in total. The molecule has 3 amide bonds. The van der Waals surface area contributed by atoms with Gasteiger partial charge in [0.05, 0.1) is 13.2 Å². The number of thioether (sulfide) groups is 1. The molecule has 0 aromatic rings. The fourth-order valence-corrected chi connectivity index (χ4v) is 3.36. The topological polar surface area (TPSA) is 173 Å². The van der Waals surface area contributed by atoms with Crippen LogP contribution in [0.1, 0.15) is 27.2 Å². The molecule has 0 aromatic heterocycles. The van der Waals surface area contributed by atoms with E-state index in [-0.39, 0.29) is 41.4 Å². The Bertz CT molecular complexity index is 723. The van der Waals surface area contributed by atoms with E-state index in [1.807, 2.05) is 24.3 Å². The van der Waals surface area contributed by atoms with Crippen LogP contribution < -0.4 is 16.0 Å². The number of carbonyl (C=O) groups excluding carboxylic acids is 4. The summed E-state index contributed by atoms with van der Waals surface area (Å²) in [4.78, 5) is 47.1. The minimum Gasteiger partial charge on any atom is 0 e. The maximum absolute atomic E-state index is 12.3. The van der Waals surface area contributed by atoms with Gasteiger partial charge in [0.25, 0.3) is 0 Å². The second-order valence-electron chi connectivity index (χ2n) is 5.93. The summed E-state index contributed by atoms with van der Waals surface area (Å²) in [5.74, 6) is -1.45. The molecule has 0 heterocycles. The van der Waals surface area contributed by atoms with Crippen LogP contribution in [0.2, 0.25) is 0 Å². The average Bonchev–Trinajstić information content (AvgIpc) is 2.84. The normalized spacial score (nSPS) is 14.1. The molecule has 0 saturated heterocycles. The van der Waals surface area contributed by atoms with Crippen molar-refractivity contribution in [2.75, 3.05) is 18.9 Å². The molecule has 13 heteroatoms. The van der Waals surface area contributed by atoms with Crippen molar-refractivity contribution in [3.63, 3.8) is 0 Å². The molecular formula is C21H27FeN3O8S. The summed E-state index contributed by atoms with van der Waals surface area (Å²) in [6, 6.07) is -1.55. The number of nitrogens with one attached hydrogen (secondary N) is 3. The first-order valence-corrected chi connectivity index (χ1v) is 10.4. The fourth-order valence-electron chi connectivity index (χ4n) is 2.24. The SMILES string of the molecule is CCOC(=O)[C@H](C)NC(=O)CNC(=O)[C@H](CSC1C=CC=CC1)NC(C)=O.[C-]#[O+].[C-]#[O+].[C-]#[O+].[Fe]. The van der Waals surface area contributed by atoms with Crippen LogP contribution in [-0.2, 0) is 54.9 Å². The molecule has 0 spiro atoms. The zero-order chi connectivity index (χ0) is 26.2. The van der Waals surface area contributed by atoms with Crippen LogP contribution in [0.15, 0.2) is 24.3 Å². The maximum Gasteiger partial charge on any atom is 0 e. The number of hydrogen-bond acceptors (Lipinski definition) is 6. The van der Waals surface area contributed by atoms with Crippen LogP contribution in [-0.4, -0.2) is 59.9 Å². The molecule has 34 heavy (non-hydrogen) atoms. The summed E-state index contributed by atoms with van der Waals surface area (Å²) in [5.41, 5.74) is 0. The van der Waals surface area contributed by atoms with E-state index in [2.05, 4.69) is 35.9 Å². The maximum atomic E-state index is 12.3. The van der Waals surface area contributed by atoms with E-state index in [1.165, 1.54) is 13.8 Å². The van der Waals surface area contributed by atoms with Gasteiger partial charge in [-0.15, -0.1) is 0 Å². The Kier molecular flexibility index (Phi) is 30.4. The predicted molar refractivity (Wildman–Crippen MR) is 116 cm³/mol. The number of ether oxygens (including phenoxy) is 1. The van der Waals surface area contributed by atoms with E-state index in [9.17, 15) is 19.2 Å². The van der Waals surface area contributed by atoms with Crippen molar-refractivity contribution in [1.82, 2.24) is 16.0 Å². The van der Waals surface area contributed by atoms with Gasteiger partial charge in [0, 0.05) is 35.0 Å². The van der Waals surface area contributed by atoms with E-state index in [0.717, 1.165) is 6.42 Å². The number of allylic oxidation sites excluding steroid dienone is 3. The zero-order valence-corrected chi connectivity index (χ0v) is 20.8. The van der Waals surface area contributed by atoms with E-state index < -0.39 is 29.9 Å². The summed E-state index contributed by atoms with van der Waals surface area (Å²) in [5, 5.41) is 7.78. The van der Waals surface area contributed by atoms with Gasteiger partial charge in [0.15, 0.2) is 0 Å². The monoisotopic (exact) mass is 537 g/mol. The van der Waals surface area contributed by atoms with E-state index in [0.29, 0.717) is 5.75 Å². The fraction of sp³-hybridized carbons (Fsp3) is 0.476. The molecule has 3 atom stereocenters. The first-order valence-electron chi connectivity index (χ1n) is 9.40. The number of hydrogen-bond donors (Lipinski definition) is 3. The Balaban J connectivity index is -0.000000593. The van der Waals surface area contributed by atoms with Gasteiger partial charge in [-0.3, -0.25) is 14.4 Å². The van der Waals surface area contributed by atoms with Gasteiger partial charge in [0.2, 0.25) is 17.7 Å². The Morgan fingerprint density at radius 3 is 2.15 bits per heavy atom. The molecule has 1 unspecified atom stereocenters. The summed E-state index contributed by atoms with van der Waals surface area (Å²) in [6.45, 7) is 17.9. The van der Waals surface area contributed by atoms with Crippen molar-refractivity contribution in [1.29, 1.82) is 0 Å². The molecule has 1 aliphatic rings. The number of carbonyl (C=O) groups is 4. The van der Waals surface area contributed by atoms with Crippen molar-refractivity contribution in [3.8, 4) is 0 Å². The minimum absolute atomic E-state index is 0. The molecule has 188 valence electrons. The Labute approximate surface area is 213 Å². The molecule has 1 rings (SSSR count). The number of rotatable bonds is 10. The standard InChI is InChI=1S/C18H27N3O5S.3CO.Fe/c1-4-26-18(25)12(2)20-16(23)10-19-17(24)15(21-13(3)22)11-27-14-8-6-5-7-9-14;3*1-2;/h5-8,12,14-15H,4,9-11H2,1-3H3,(H,19,24)(H,20,23)(H,21,22);;;;/t12-,14?,15-;;;;/m0..../s1. The second kappa shape index (κ2) is 26.7. The van der Waals surface area contributed by atoms with Gasteiger partial charge in [-0.25, -0.2) is 4.79 Å². The smallest absolute Gasteiger partial charge is 0 e. The summed E-state index contributed by atoms with van der Waals surface area (Å²) >= 11 is 1.55. The largest absolute Gasteiger partial charge is 0 e. The first kappa shape index (κ1) is 38.7. The van der Waals surface area contributed by atoms with Gasteiger partial charge in [-0.05, 0) is 20.3 Å². The summed E-state index contributed by atoms with van der Waals surface area (Å²) < 4.78 is 27.3. The van der Waals surface area contributed by atoms with Crippen LogP contribution in [0.5, 0.6) is 0 Å². The zero-order valence-electron chi connectivity index (χ0n) is 18.9.